The zero-order valence-corrected chi connectivity index (χ0v) is 12.6. The highest BCUT2D eigenvalue weighted by Gasteiger charge is 2.20. The van der Waals surface area contributed by atoms with Gasteiger partial charge in [0.2, 0.25) is 5.91 Å². The highest BCUT2D eigenvalue weighted by atomic mass is 16.2. The van der Waals surface area contributed by atoms with Crippen LogP contribution in [0.1, 0.15) is 51.0 Å². The number of nitrogen functional groups attached to an aromatic ring is 1. The van der Waals surface area contributed by atoms with Gasteiger partial charge in [0, 0.05) is 25.2 Å². The third-order valence-electron chi connectivity index (χ3n) is 4.36. The lowest BCUT2D eigenvalue weighted by atomic mass is 9.97. The number of rotatable bonds is 3. The number of hydrogen-bond donors (Lipinski definition) is 1. The van der Waals surface area contributed by atoms with Crippen molar-refractivity contribution in [2.24, 2.45) is 5.92 Å². The van der Waals surface area contributed by atoms with Crippen LogP contribution in [-0.2, 0) is 4.79 Å². The number of hydrogen-bond acceptors (Lipinski definition) is 2. The van der Waals surface area contributed by atoms with Crippen LogP contribution in [0.25, 0.3) is 0 Å². The van der Waals surface area contributed by atoms with E-state index in [-0.39, 0.29) is 5.92 Å². The number of nitrogens with two attached hydrogens (primary N) is 1. The van der Waals surface area contributed by atoms with Crippen LogP contribution in [0.5, 0.6) is 0 Å². The molecule has 0 aliphatic carbocycles. The van der Waals surface area contributed by atoms with Crippen LogP contribution >= 0.6 is 0 Å². The maximum atomic E-state index is 12.4. The lowest BCUT2D eigenvalue weighted by Crippen LogP contribution is -2.32. The fourth-order valence-corrected chi connectivity index (χ4v) is 2.85. The summed E-state index contributed by atoms with van der Waals surface area (Å²) in [5.41, 5.74) is 7.66. The first-order valence-electron chi connectivity index (χ1n) is 7.69. The van der Waals surface area contributed by atoms with Crippen LogP contribution < -0.4 is 5.73 Å². The number of nitrogens with zero attached hydrogens (tertiary/aromatic N) is 1. The third-order valence-corrected chi connectivity index (χ3v) is 4.36. The second-order valence-corrected chi connectivity index (χ2v) is 6.19. The molecule has 2 unspecified atom stereocenters. The molecular weight excluding hydrogens is 248 g/mol. The van der Waals surface area contributed by atoms with Gasteiger partial charge in [-0.1, -0.05) is 26.0 Å². The van der Waals surface area contributed by atoms with Crippen LogP contribution in [0.3, 0.4) is 0 Å². The second-order valence-electron chi connectivity index (χ2n) is 6.19. The van der Waals surface area contributed by atoms with Gasteiger partial charge < -0.3 is 10.6 Å². The van der Waals surface area contributed by atoms with Gasteiger partial charge in [-0.2, -0.15) is 0 Å². The van der Waals surface area contributed by atoms with Crippen LogP contribution in [0, 0.1) is 5.92 Å². The van der Waals surface area contributed by atoms with Gasteiger partial charge in [0.05, 0.1) is 0 Å². The first-order valence-corrected chi connectivity index (χ1v) is 7.69. The largest absolute Gasteiger partial charge is 0.399 e. The average molecular weight is 274 g/mol. The molecule has 0 aromatic heterocycles. The predicted octanol–water partition coefficient (Wildman–Crippen LogP) is 3.41. The van der Waals surface area contributed by atoms with Gasteiger partial charge in [0.1, 0.15) is 0 Å². The van der Waals surface area contributed by atoms with Gasteiger partial charge in [0.25, 0.3) is 0 Å². The van der Waals surface area contributed by atoms with Crippen molar-refractivity contribution in [1.82, 2.24) is 4.90 Å². The van der Waals surface area contributed by atoms with Crippen molar-refractivity contribution < 1.29 is 4.79 Å². The van der Waals surface area contributed by atoms with Crippen molar-refractivity contribution in [3.8, 4) is 0 Å². The fourth-order valence-electron chi connectivity index (χ4n) is 2.85. The van der Waals surface area contributed by atoms with E-state index in [4.69, 9.17) is 5.73 Å². The van der Waals surface area contributed by atoms with E-state index < -0.39 is 0 Å². The molecule has 0 spiro atoms. The van der Waals surface area contributed by atoms with Crippen molar-refractivity contribution >= 4 is 11.6 Å². The van der Waals surface area contributed by atoms with Crippen molar-refractivity contribution in [2.45, 2.75) is 45.4 Å². The molecule has 1 amide bonds. The Morgan fingerprint density at radius 3 is 2.70 bits per heavy atom. The summed E-state index contributed by atoms with van der Waals surface area (Å²) >= 11 is 0. The highest BCUT2D eigenvalue weighted by Crippen LogP contribution is 2.23. The Morgan fingerprint density at radius 2 is 2.00 bits per heavy atom. The first-order chi connectivity index (χ1) is 9.56. The van der Waals surface area contributed by atoms with E-state index in [0.29, 0.717) is 12.3 Å². The van der Waals surface area contributed by atoms with Crippen molar-refractivity contribution in [3.05, 3.63) is 29.8 Å². The summed E-state index contributed by atoms with van der Waals surface area (Å²) in [7, 11) is 0. The van der Waals surface area contributed by atoms with Gasteiger partial charge in [0.15, 0.2) is 0 Å². The van der Waals surface area contributed by atoms with E-state index in [9.17, 15) is 4.79 Å². The van der Waals surface area contributed by atoms with E-state index in [0.717, 1.165) is 37.5 Å². The van der Waals surface area contributed by atoms with Gasteiger partial charge >= 0.3 is 0 Å². The Balaban J connectivity index is 1.91. The lowest BCUT2D eigenvalue weighted by molar-refractivity contribution is -0.131. The molecule has 1 fully saturated rings. The topological polar surface area (TPSA) is 46.3 Å². The van der Waals surface area contributed by atoms with Gasteiger partial charge in [-0.05, 0) is 48.8 Å². The summed E-state index contributed by atoms with van der Waals surface area (Å²) in [5.74, 6) is 1.30. The molecular formula is C17H26N2O. The Kier molecular flexibility index (Phi) is 5.05. The molecule has 1 aliphatic heterocycles. The zero-order valence-electron chi connectivity index (χ0n) is 12.6. The number of carbonyl (C=O) groups is 1. The molecule has 1 heterocycles. The van der Waals surface area contributed by atoms with E-state index in [1.165, 1.54) is 12.0 Å². The molecule has 0 radical (unpaired) electrons. The number of likely N-dealkylation sites (tertiary alicyclic amines) is 1. The molecule has 1 aliphatic rings. The molecule has 3 heteroatoms. The van der Waals surface area contributed by atoms with Gasteiger partial charge in [-0.3, -0.25) is 4.79 Å². The minimum Gasteiger partial charge on any atom is -0.399 e. The van der Waals surface area contributed by atoms with Gasteiger partial charge in [-0.25, -0.2) is 0 Å². The molecule has 0 saturated carbocycles. The number of benzene rings is 1. The molecule has 3 nitrogen and oxygen atoms in total. The Bertz CT molecular complexity index is 441. The smallest absolute Gasteiger partial charge is 0.223 e. The van der Waals surface area contributed by atoms with Crippen LogP contribution in [0.2, 0.25) is 0 Å². The Hall–Kier alpha value is -1.51. The van der Waals surface area contributed by atoms with Crippen molar-refractivity contribution in [3.63, 3.8) is 0 Å². The van der Waals surface area contributed by atoms with Crippen LogP contribution in [0.4, 0.5) is 5.69 Å². The standard InChI is InChI=1S/C17H26N2O/c1-13-4-3-10-19(11-9-13)17(20)12-14(2)15-5-7-16(18)8-6-15/h5-8,13-14H,3-4,9-12,18H2,1-2H3. The summed E-state index contributed by atoms with van der Waals surface area (Å²) < 4.78 is 0. The quantitative estimate of drug-likeness (QED) is 0.859. The third kappa shape index (κ3) is 3.99. The molecule has 2 N–H and O–H groups in total. The Labute approximate surface area is 122 Å². The maximum absolute atomic E-state index is 12.4. The van der Waals surface area contributed by atoms with E-state index >= 15 is 0 Å². The minimum absolute atomic E-state index is 0.253. The summed E-state index contributed by atoms with van der Waals surface area (Å²) in [6.45, 7) is 6.25. The van der Waals surface area contributed by atoms with Crippen molar-refractivity contribution in [1.29, 1.82) is 0 Å². The summed E-state index contributed by atoms with van der Waals surface area (Å²) in [5, 5.41) is 0. The predicted molar refractivity (Wildman–Crippen MR) is 83.5 cm³/mol. The van der Waals surface area contributed by atoms with Gasteiger partial charge in [-0.15, -0.1) is 0 Å². The van der Waals surface area contributed by atoms with E-state index in [2.05, 4.69) is 18.7 Å². The monoisotopic (exact) mass is 274 g/mol. The normalized spacial score (nSPS) is 21.3. The van der Waals surface area contributed by atoms with E-state index in [1.807, 2.05) is 24.3 Å². The number of carbonyl (C=O) groups excluding carboxylic acids is 1. The zero-order chi connectivity index (χ0) is 14.5. The molecule has 1 saturated heterocycles. The second kappa shape index (κ2) is 6.78. The SMILES string of the molecule is CC1CCCN(C(=O)CC(C)c2ccc(N)cc2)CC1. The van der Waals surface area contributed by atoms with Crippen molar-refractivity contribution in [2.75, 3.05) is 18.8 Å². The molecule has 1 aromatic carbocycles. The molecule has 2 rings (SSSR count). The highest BCUT2D eigenvalue weighted by molar-refractivity contribution is 5.77. The Morgan fingerprint density at radius 1 is 1.30 bits per heavy atom. The summed E-state index contributed by atoms with van der Waals surface area (Å²) in [6, 6.07) is 7.86. The fraction of sp³-hybridized carbons (Fsp3) is 0.588. The molecule has 1 aromatic rings. The molecule has 20 heavy (non-hydrogen) atoms. The number of anilines is 1. The average Bonchev–Trinajstić information content (AvgIpc) is 2.64. The lowest BCUT2D eigenvalue weighted by Gasteiger charge is -2.22. The summed E-state index contributed by atoms with van der Waals surface area (Å²) in [4.78, 5) is 14.5. The van der Waals surface area contributed by atoms with Crippen LogP contribution in [-0.4, -0.2) is 23.9 Å². The molecule has 0 bridgehead atoms. The number of amides is 1. The van der Waals surface area contributed by atoms with Crippen LogP contribution in [0.15, 0.2) is 24.3 Å². The minimum atomic E-state index is 0.253. The maximum Gasteiger partial charge on any atom is 0.223 e. The first kappa shape index (κ1) is 14.9. The molecule has 110 valence electrons. The molecule has 2 atom stereocenters. The summed E-state index contributed by atoms with van der Waals surface area (Å²) in [6.07, 6.45) is 4.13. The van der Waals surface area contributed by atoms with E-state index in [1.54, 1.807) is 0 Å².